The molecular formula is C13H7Cl2N3O2. The lowest BCUT2D eigenvalue weighted by Crippen LogP contribution is -2.50. The van der Waals surface area contributed by atoms with Gasteiger partial charge >= 0.3 is 0 Å². The Labute approximate surface area is 124 Å². The standard InChI is InChI=1S/C13H7Cl2N3O2/c14-8-2-1-3-9(15)11(8)10-6(4-16)12(19)18-13(20)7(10)5-17/h1-3,6-7,10H,(H,18,19,20). The van der Waals surface area contributed by atoms with Gasteiger partial charge < -0.3 is 0 Å². The molecule has 2 rings (SSSR count). The van der Waals surface area contributed by atoms with Gasteiger partial charge in [0.15, 0.2) is 0 Å². The van der Waals surface area contributed by atoms with E-state index in [1.807, 2.05) is 17.5 Å². The zero-order valence-electron chi connectivity index (χ0n) is 9.93. The minimum atomic E-state index is -1.20. The van der Waals surface area contributed by atoms with Gasteiger partial charge in [-0.05, 0) is 17.7 Å². The van der Waals surface area contributed by atoms with E-state index >= 15 is 0 Å². The van der Waals surface area contributed by atoms with Gasteiger partial charge in [0.05, 0.1) is 12.1 Å². The van der Waals surface area contributed by atoms with E-state index in [0.717, 1.165) is 0 Å². The Morgan fingerprint density at radius 2 is 1.45 bits per heavy atom. The molecule has 1 aromatic carbocycles. The normalized spacial score (nSPS) is 25.5. The van der Waals surface area contributed by atoms with Crippen molar-refractivity contribution in [1.29, 1.82) is 10.5 Å². The number of amides is 2. The highest BCUT2D eigenvalue weighted by Gasteiger charge is 2.46. The molecule has 0 aliphatic carbocycles. The average Bonchev–Trinajstić information content (AvgIpc) is 2.38. The first kappa shape index (κ1) is 14.3. The number of nitriles is 2. The van der Waals surface area contributed by atoms with Crippen LogP contribution in [0.3, 0.4) is 0 Å². The molecule has 1 aromatic rings. The van der Waals surface area contributed by atoms with E-state index in [9.17, 15) is 9.59 Å². The van der Waals surface area contributed by atoms with Gasteiger partial charge in [-0.1, -0.05) is 29.3 Å². The van der Waals surface area contributed by atoms with E-state index in [4.69, 9.17) is 33.7 Å². The van der Waals surface area contributed by atoms with Gasteiger partial charge in [0.2, 0.25) is 11.8 Å². The molecule has 1 aliphatic rings. The van der Waals surface area contributed by atoms with Crippen molar-refractivity contribution in [1.82, 2.24) is 5.32 Å². The largest absolute Gasteiger partial charge is 0.294 e. The molecule has 100 valence electrons. The van der Waals surface area contributed by atoms with E-state index < -0.39 is 29.6 Å². The highest BCUT2D eigenvalue weighted by Crippen LogP contribution is 2.42. The van der Waals surface area contributed by atoms with Crippen molar-refractivity contribution in [3.8, 4) is 12.1 Å². The van der Waals surface area contributed by atoms with Gasteiger partial charge in [-0.25, -0.2) is 0 Å². The molecule has 1 aliphatic heterocycles. The first-order chi connectivity index (χ1) is 9.51. The van der Waals surface area contributed by atoms with Crippen LogP contribution in [0.4, 0.5) is 0 Å². The molecule has 0 aromatic heterocycles. The fraction of sp³-hybridized carbons (Fsp3) is 0.231. The van der Waals surface area contributed by atoms with Gasteiger partial charge in [0.1, 0.15) is 11.8 Å². The number of rotatable bonds is 1. The van der Waals surface area contributed by atoms with E-state index in [1.165, 1.54) is 12.1 Å². The Morgan fingerprint density at radius 1 is 1.00 bits per heavy atom. The molecule has 7 heteroatoms. The van der Waals surface area contributed by atoms with Crippen LogP contribution in [0.1, 0.15) is 11.5 Å². The number of nitrogens with zero attached hydrogens (tertiary/aromatic N) is 2. The number of hydrogen-bond acceptors (Lipinski definition) is 4. The Morgan fingerprint density at radius 3 is 1.85 bits per heavy atom. The van der Waals surface area contributed by atoms with Crippen molar-refractivity contribution in [2.75, 3.05) is 0 Å². The number of benzene rings is 1. The van der Waals surface area contributed by atoms with Crippen LogP contribution in [0.25, 0.3) is 0 Å². The summed E-state index contributed by atoms with van der Waals surface area (Å²) in [7, 11) is 0. The summed E-state index contributed by atoms with van der Waals surface area (Å²) >= 11 is 12.1. The van der Waals surface area contributed by atoms with Crippen molar-refractivity contribution < 1.29 is 9.59 Å². The molecule has 1 N–H and O–H groups in total. The van der Waals surface area contributed by atoms with Crippen LogP contribution in [-0.4, -0.2) is 11.8 Å². The smallest absolute Gasteiger partial charge is 0.244 e. The summed E-state index contributed by atoms with van der Waals surface area (Å²) in [5.41, 5.74) is 0.275. The molecule has 1 fully saturated rings. The van der Waals surface area contributed by atoms with Crippen molar-refractivity contribution in [2.45, 2.75) is 5.92 Å². The minimum Gasteiger partial charge on any atom is -0.294 e. The third-order valence-electron chi connectivity index (χ3n) is 3.14. The first-order valence-corrected chi connectivity index (χ1v) is 6.34. The summed E-state index contributed by atoms with van der Waals surface area (Å²) in [5.74, 6) is -4.87. The van der Waals surface area contributed by atoms with Gasteiger partial charge in [-0.2, -0.15) is 10.5 Å². The number of halogens is 2. The third kappa shape index (κ3) is 2.22. The summed E-state index contributed by atoms with van der Waals surface area (Å²) in [6.07, 6.45) is 0. The fourth-order valence-electron chi connectivity index (χ4n) is 2.24. The molecular weight excluding hydrogens is 301 g/mol. The molecule has 2 atom stereocenters. The summed E-state index contributed by atoms with van der Waals surface area (Å²) in [5, 5.41) is 20.8. The van der Waals surface area contributed by atoms with Gasteiger partial charge in [-0.3, -0.25) is 14.9 Å². The monoisotopic (exact) mass is 307 g/mol. The van der Waals surface area contributed by atoms with E-state index in [0.29, 0.717) is 0 Å². The summed E-state index contributed by atoms with van der Waals surface area (Å²) in [6, 6.07) is 8.28. The number of carbonyl (C=O) groups is 2. The molecule has 0 spiro atoms. The molecule has 0 bridgehead atoms. The molecule has 1 heterocycles. The number of hydrogen-bond donors (Lipinski definition) is 1. The molecule has 1 saturated heterocycles. The second kappa shape index (κ2) is 5.50. The van der Waals surface area contributed by atoms with Gasteiger partial charge in [-0.15, -0.1) is 0 Å². The minimum absolute atomic E-state index is 0.213. The molecule has 2 amide bonds. The Balaban J connectivity index is 2.65. The first-order valence-electron chi connectivity index (χ1n) is 5.59. The zero-order chi connectivity index (χ0) is 14.9. The van der Waals surface area contributed by atoms with Crippen molar-refractivity contribution in [3.63, 3.8) is 0 Å². The van der Waals surface area contributed by atoms with Crippen LogP contribution < -0.4 is 5.32 Å². The van der Waals surface area contributed by atoms with E-state index in [1.54, 1.807) is 6.07 Å². The average molecular weight is 308 g/mol. The highest BCUT2D eigenvalue weighted by molar-refractivity contribution is 6.36. The van der Waals surface area contributed by atoms with Crippen LogP contribution in [-0.2, 0) is 9.59 Å². The zero-order valence-corrected chi connectivity index (χ0v) is 11.4. The quantitative estimate of drug-likeness (QED) is 0.803. The fourth-order valence-corrected chi connectivity index (χ4v) is 2.89. The Kier molecular flexibility index (Phi) is 3.94. The SMILES string of the molecule is N#CC1C(=O)NC(=O)C(C#N)C1c1c(Cl)cccc1Cl. The van der Waals surface area contributed by atoms with E-state index in [-0.39, 0.29) is 15.6 Å². The molecule has 20 heavy (non-hydrogen) atoms. The van der Waals surface area contributed by atoms with Crippen LogP contribution >= 0.6 is 23.2 Å². The lowest BCUT2D eigenvalue weighted by atomic mass is 9.74. The topological polar surface area (TPSA) is 93.8 Å². The van der Waals surface area contributed by atoms with Crippen molar-refractivity contribution in [3.05, 3.63) is 33.8 Å². The van der Waals surface area contributed by atoms with Crippen molar-refractivity contribution in [2.24, 2.45) is 11.8 Å². The van der Waals surface area contributed by atoms with Crippen LogP contribution in [0.2, 0.25) is 10.0 Å². The lowest BCUT2D eigenvalue weighted by molar-refractivity contribution is -0.137. The maximum Gasteiger partial charge on any atom is 0.244 e. The molecule has 2 unspecified atom stereocenters. The number of piperidine rings is 1. The van der Waals surface area contributed by atoms with Crippen molar-refractivity contribution >= 4 is 35.0 Å². The number of imide groups is 1. The molecule has 0 radical (unpaired) electrons. The third-order valence-corrected chi connectivity index (χ3v) is 3.80. The maximum atomic E-state index is 11.8. The Bertz CT molecular complexity index is 623. The van der Waals surface area contributed by atoms with Crippen LogP contribution in [0, 0.1) is 34.5 Å². The van der Waals surface area contributed by atoms with Gasteiger partial charge in [0, 0.05) is 16.0 Å². The summed E-state index contributed by atoms with van der Waals surface area (Å²) < 4.78 is 0. The second-order valence-electron chi connectivity index (χ2n) is 4.23. The van der Waals surface area contributed by atoms with Crippen LogP contribution in [0.5, 0.6) is 0 Å². The summed E-state index contributed by atoms with van der Waals surface area (Å²) in [4.78, 5) is 23.5. The van der Waals surface area contributed by atoms with Crippen LogP contribution in [0.15, 0.2) is 18.2 Å². The maximum absolute atomic E-state index is 11.8. The summed E-state index contributed by atoms with van der Waals surface area (Å²) in [6.45, 7) is 0. The Hall–Kier alpha value is -2.08. The van der Waals surface area contributed by atoms with E-state index in [2.05, 4.69) is 0 Å². The second-order valence-corrected chi connectivity index (χ2v) is 5.04. The predicted molar refractivity (Wildman–Crippen MR) is 70.6 cm³/mol. The number of nitrogens with one attached hydrogen (secondary N) is 1. The lowest BCUT2D eigenvalue weighted by Gasteiger charge is -2.30. The molecule has 0 saturated carbocycles. The molecule has 5 nitrogen and oxygen atoms in total. The number of carbonyl (C=O) groups excluding carboxylic acids is 2. The highest BCUT2D eigenvalue weighted by atomic mass is 35.5. The van der Waals surface area contributed by atoms with Gasteiger partial charge in [0.25, 0.3) is 0 Å². The predicted octanol–water partition coefficient (Wildman–Crippen LogP) is 2.01.